The standard InChI is InChI=1S/C26H24O4/c1-28-23-15-17-26(29-2)24(19-23)25(27)16-12-21-10-13-22(14-11-21)30-18-6-9-20-7-4-3-5-8-20/h3-17,19H,18H2,1-2H3/b9-6+,16-12+. The molecule has 0 amide bonds. The maximum atomic E-state index is 12.6. The Morgan fingerprint density at radius 2 is 1.50 bits per heavy atom. The zero-order chi connectivity index (χ0) is 21.2. The molecule has 0 aromatic heterocycles. The summed E-state index contributed by atoms with van der Waals surface area (Å²) in [6.45, 7) is 0.484. The first-order valence-corrected chi connectivity index (χ1v) is 9.58. The van der Waals surface area contributed by atoms with Gasteiger partial charge in [0.05, 0.1) is 19.8 Å². The topological polar surface area (TPSA) is 44.8 Å². The second-order valence-electron chi connectivity index (χ2n) is 6.46. The van der Waals surface area contributed by atoms with Gasteiger partial charge in [-0.05, 0) is 53.6 Å². The molecule has 0 radical (unpaired) electrons. The summed E-state index contributed by atoms with van der Waals surface area (Å²) in [6, 6.07) is 22.8. The minimum Gasteiger partial charge on any atom is -0.497 e. The maximum absolute atomic E-state index is 12.6. The van der Waals surface area contributed by atoms with E-state index in [1.165, 1.54) is 13.2 Å². The summed E-state index contributed by atoms with van der Waals surface area (Å²) in [7, 11) is 3.10. The number of benzene rings is 3. The van der Waals surface area contributed by atoms with E-state index in [0.717, 1.165) is 16.9 Å². The first-order chi connectivity index (χ1) is 14.7. The summed E-state index contributed by atoms with van der Waals surface area (Å²) in [5.74, 6) is 1.73. The van der Waals surface area contributed by atoms with Crippen LogP contribution in [0.5, 0.6) is 17.2 Å². The van der Waals surface area contributed by atoms with Crippen molar-refractivity contribution in [1.82, 2.24) is 0 Å². The molecule has 0 aliphatic heterocycles. The highest BCUT2D eigenvalue weighted by molar-refractivity contribution is 6.08. The van der Waals surface area contributed by atoms with Crippen molar-refractivity contribution in [2.45, 2.75) is 0 Å². The van der Waals surface area contributed by atoms with E-state index in [1.54, 1.807) is 31.4 Å². The van der Waals surface area contributed by atoms with Crippen molar-refractivity contribution in [2.75, 3.05) is 20.8 Å². The molecule has 0 bridgehead atoms. The molecule has 0 fully saturated rings. The van der Waals surface area contributed by atoms with E-state index in [9.17, 15) is 4.79 Å². The van der Waals surface area contributed by atoms with Crippen LogP contribution >= 0.6 is 0 Å². The van der Waals surface area contributed by atoms with Crippen molar-refractivity contribution in [2.24, 2.45) is 0 Å². The first kappa shape index (κ1) is 20.9. The van der Waals surface area contributed by atoms with E-state index in [1.807, 2.05) is 66.7 Å². The van der Waals surface area contributed by atoms with Crippen molar-refractivity contribution in [1.29, 1.82) is 0 Å². The summed E-state index contributed by atoms with van der Waals surface area (Å²) in [5, 5.41) is 0. The third-order valence-corrected chi connectivity index (χ3v) is 4.44. The lowest BCUT2D eigenvalue weighted by atomic mass is 10.1. The van der Waals surface area contributed by atoms with E-state index >= 15 is 0 Å². The van der Waals surface area contributed by atoms with Crippen LogP contribution in [0, 0.1) is 0 Å². The normalized spacial score (nSPS) is 11.0. The third-order valence-electron chi connectivity index (χ3n) is 4.44. The minimum absolute atomic E-state index is 0.155. The average molecular weight is 400 g/mol. The molecule has 0 atom stereocenters. The Bertz CT molecular complexity index is 1020. The van der Waals surface area contributed by atoms with Gasteiger partial charge in [-0.25, -0.2) is 0 Å². The summed E-state index contributed by atoms with van der Waals surface area (Å²) in [6.07, 6.45) is 7.29. The second kappa shape index (κ2) is 10.7. The molecule has 0 heterocycles. The van der Waals surface area contributed by atoms with E-state index in [4.69, 9.17) is 14.2 Å². The van der Waals surface area contributed by atoms with Crippen molar-refractivity contribution >= 4 is 17.9 Å². The predicted molar refractivity (Wildman–Crippen MR) is 120 cm³/mol. The van der Waals surface area contributed by atoms with Crippen LogP contribution in [-0.2, 0) is 0 Å². The number of ether oxygens (including phenoxy) is 3. The lowest BCUT2D eigenvalue weighted by Gasteiger charge is -2.08. The number of hydrogen-bond donors (Lipinski definition) is 0. The van der Waals surface area contributed by atoms with E-state index in [-0.39, 0.29) is 5.78 Å². The van der Waals surface area contributed by atoms with E-state index in [2.05, 4.69) is 0 Å². The Morgan fingerprint density at radius 1 is 0.800 bits per heavy atom. The predicted octanol–water partition coefficient (Wildman–Crippen LogP) is 5.69. The molecule has 0 saturated carbocycles. The van der Waals surface area contributed by atoms with Gasteiger partial charge < -0.3 is 14.2 Å². The number of rotatable bonds is 9. The van der Waals surface area contributed by atoms with E-state index in [0.29, 0.717) is 23.7 Å². The third kappa shape index (κ3) is 5.85. The van der Waals surface area contributed by atoms with Gasteiger partial charge in [0, 0.05) is 0 Å². The van der Waals surface area contributed by atoms with Crippen LogP contribution in [0.3, 0.4) is 0 Å². The monoisotopic (exact) mass is 400 g/mol. The Labute approximate surface area is 177 Å². The molecule has 0 aliphatic carbocycles. The zero-order valence-electron chi connectivity index (χ0n) is 17.1. The molecule has 0 saturated heterocycles. The van der Waals surface area contributed by atoms with Crippen LogP contribution in [0.25, 0.3) is 12.2 Å². The summed E-state index contributed by atoms with van der Waals surface area (Å²) in [5.41, 5.74) is 2.49. The molecule has 3 aromatic carbocycles. The molecule has 3 aromatic rings. The zero-order valence-corrected chi connectivity index (χ0v) is 17.1. The number of carbonyl (C=O) groups excluding carboxylic acids is 1. The highest BCUT2D eigenvalue weighted by Gasteiger charge is 2.11. The van der Waals surface area contributed by atoms with Crippen LogP contribution in [0.15, 0.2) is 84.9 Å². The minimum atomic E-state index is -0.155. The summed E-state index contributed by atoms with van der Waals surface area (Å²) < 4.78 is 16.2. The van der Waals surface area contributed by atoms with Crippen molar-refractivity contribution < 1.29 is 19.0 Å². The number of hydrogen-bond acceptors (Lipinski definition) is 4. The van der Waals surface area contributed by atoms with Crippen molar-refractivity contribution in [3.8, 4) is 17.2 Å². The van der Waals surface area contributed by atoms with Gasteiger partial charge >= 0.3 is 0 Å². The summed E-state index contributed by atoms with van der Waals surface area (Å²) >= 11 is 0. The Morgan fingerprint density at radius 3 is 2.20 bits per heavy atom. The molecule has 152 valence electrons. The lowest BCUT2D eigenvalue weighted by Crippen LogP contribution is -1.99. The molecule has 0 aliphatic rings. The highest BCUT2D eigenvalue weighted by atomic mass is 16.5. The second-order valence-corrected chi connectivity index (χ2v) is 6.46. The van der Waals surface area contributed by atoms with Gasteiger partial charge in [0.25, 0.3) is 0 Å². The van der Waals surface area contributed by atoms with E-state index < -0.39 is 0 Å². The fourth-order valence-electron chi connectivity index (χ4n) is 2.84. The van der Waals surface area contributed by atoms with Gasteiger partial charge in [0.2, 0.25) is 0 Å². The molecular formula is C26H24O4. The lowest BCUT2D eigenvalue weighted by molar-refractivity contribution is 0.104. The first-order valence-electron chi connectivity index (χ1n) is 9.58. The van der Waals surface area contributed by atoms with Crippen molar-refractivity contribution in [3.63, 3.8) is 0 Å². The number of methoxy groups -OCH3 is 2. The van der Waals surface area contributed by atoms with Crippen LogP contribution in [0.2, 0.25) is 0 Å². The van der Waals surface area contributed by atoms with Gasteiger partial charge in [-0.2, -0.15) is 0 Å². The smallest absolute Gasteiger partial charge is 0.189 e. The Balaban J connectivity index is 1.58. The van der Waals surface area contributed by atoms with Gasteiger partial charge in [-0.1, -0.05) is 54.6 Å². The number of carbonyl (C=O) groups is 1. The number of ketones is 1. The van der Waals surface area contributed by atoms with Gasteiger partial charge in [-0.3, -0.25) is 4.79 Å². The average Bonchev–Trinajstić information content (AvgIpc) is 2.81. The highest BCUT2D eigenvalue weighted by Crippen LogP contribution is 2.25. The molecular weight excluding hydrogens is 376 g/mol. The molecule has 0 spiro atoms. The molecule has 4 nitrogen and oxygen atoms in total. The quantitative estimate of drug-likeness (QED) is 0.342. The van der Waals surface area contributed by atoms with Crippen LogP contribution < -0.4 is 14.2 Å². The Hall–Kier alpha value is -3.79. The molecule has 30 heavy (non-hydrogen) atoms. The largest absolute Gasteiger partial charge is 0.497 e. The molecule has 3 rings (SSSR count). The van der Waals surface area contributed by atoms with Crippen LogP contribution in [0.4, 0.5) is 0 Å². The molecule has 4 heteroatoms. The molecule has 0 N–H and O–H groups in total. The van der Waals surface area contributed by atoms with Crippen molar-refractivity contribution in [3.05, 3.63) is 102 Å². The van der Waals surface area contributed by atoms with Crippen LogP contribution in [-0.4, -0.2) is 26.6 Å². The fourth-order valence-corrected chi connectivity index (χ4v) is 2.84. The summed E-state index contributed by atoms with van der Waals surface area (Å²) in [4.78, 5) is 12.6. The van der Waals surface area contributed by atoms with Crippen LogP contribution in [0.1, 0.15) is 21.5 Å². The number of allylic oxidation sites excluding steroid dienone is 1. The SMILES string of the molecule is COc1ccc(OC)c(C(=O)/C=C/c2ccc(OC/C=C/c3ccccc3)cc2)c1. The van der Waals surface area contributed by atoms with Gasteiger partial charge in [0.1, 0.15) is 23.9 Å². The van der Waals surface area contributed by atoms with Gasteiger partial charge in [-0.15, -0.1) is 0 Å². The Kier molecular flexibility index (Phi) is 7.45. The maximum Gasteiger partial charge on any atom is 0.189 e. The van der Waals surface area contributed by atoms with Gasteiger partial charge in [0.15, 0.2) is 5.78 Å². The fraction of sp³-hybridized carbons (Fsp3) is 0.115. The molecule has 0 unspecified atom stereocenters.